The second kappa shape index (κ2) is 6.05. The molecule has 3 nitrogen and oxygen atoms in total. The smallest absolute Gasteiger partial charge is 0.240 e. The molecule has 1 aromatic rings. The quantitative estimate of drug-likeness (QED) is 0.797. The minimum absolute atomic E-state index is 0.0797. The van der Waals surface area contributed by atoms with Gasteiger partial charge in [0.2, 0.25) is 5.91 Å². The summed E-state index contributed by atoms with van der Waals surface area (Å²) in [4.78, 5) is 13.0. The third-order valence-electron chi connectivity index (χ3n) is 3.07. The maximum Gasteiger partial charge on any atom is 0.240 e. The highest BCUT2D eigenvalue weighted by atomic mass is 16.2. The average molecular weight is 230 g/mol. The minimum Gasteiger partial charge on any atom is -0.315 e. The fourth-order valence-electron chi connectivity index (χ4n) is 1.59. The van der Waals surface area contributed by atoms with E-state index in [0.29, 0.717) is 5.92 Å². The van der Waals surface area contributed by atoms with Gasteiger partial charge < -0.3 is 4.90 Å². The lowest BCUT2D eigenvalue weighted by Crippen LogP contribution is -2.25. The lowest BCUT2D eigenvalue weighted by atomic mass is 9.98. The Hall–Kier alpha value is -1.82. The van der Waals surface area contributed by atoms with Crippen LogP contribution in [0.5, 0.6) is 0 Å². The monoisotopic (exact) mass is 230 g/mol. The van der Waals surface area contributed by atoms with Gasteiger partial charge in [-0.15, -0.1) is 0 Å². The van der Waals surface area contributed by atoms with E-state index in [2.05, 4.69) is 13.8 Å². The first-order chi connectivity index (χ1) is 8.10. The van der Waals surface area contributed by atoms with Crippen LogP contribution in [-0.4, -0.2) is 13.0 Å². The van der Waals surface area contributed by atoms with Gasteiger partial charge in [0.1, 0.15) is 6.42 Å². The van der Waals surface area contributed by atoms with E-state index >= 15 is 0 Å². The summed E-state index contributed by atoms with van der Waals surface area (Å²) in [5, 5.41) is 8.48. The molecule has 0 aliphatic heterocycles. The van der Waals surface area contributed by atoms with Crippen LogP contribution in [0.3, 0.4) is 0 Å². The maximum atomic E-state index is 11.5. The predicted octanol–water partition coefficient (Wildman–Crippen LogP) is 3.08. The minimum atomic E-state index is -0.177. The van der Waals surface area contributed by atoms with E-state index in [4.69, 9.17) is 5.26 Å². The van der Waals surface area contributed by atoms with Crippen molar-refractivity contribution < 1.29 is 4.79 Å². The van der Waals surface area contributed by atoms with Gasteiger partial charge in [-0.25, -0.2) is 0 Å². The zero-order valence-electron chi connectivity index (χ0n) is 10.6. The van der Waals surface area contributed by atoms with Gasteiger partial charge in [-0.05, 0) is 30.0 Å². The molecule has 1 rings (SSSR count). The van der Waals surface area contributed by atoms with Gasteiger partial charge in [-0.3, -0.25) is 4.79 Å². The van der Waals surface area contributed by atoms with E-state index in [9.17, 15) is 4.79 Å². The molecule has 0 N–H and O–H groups in total. The Morgan fingerprint density at radius 2 is 2.00 bits per heavy atom. The Labute approximate surface area is 103 Å². The van der Waals surface area contributed by atoms with Crippen LogP contribution in [0.4, 0.5) is 5.69 Å². The lowest BCUT2D eigenvalue weighted by Gasteiger charge is -2.17. The second-order valence-electron chi connectivity index (χ2n) is 4.19. The number of rotatable bonds is 4. The number of amides is 1. The molecule has 0 aliphatic carbocycles. The van der Waals surface area contributed by atoms with Crippen LogP contribution in [0.25, 0.3) is 0 Å². The summed E-state index contributed by atoms with van der Waals surface area (Å²) in [6.07, 6.45) is 1.02. The molecule has 1 atom stereocenters. The highest BCUT2D eigenvalue weighted by molar-refractivity contribution is 5.94. The molecule has 0 aliphatic rings. The van der Waals surface area contributed by atoms with Crippen LogP contribution in [-0.2, 0) is 4.79 Å². The molecule has 17 heavy (non-hydrogen) atoms. The molecular weight excluding hydrogens is 212 g/mol. The summed E-state index contributed by atoms with van der Waals surface area (Å²) in [7, 11) is 1.69. The first-order valence-corrected chi connectivity index (χ1v) is 5.83. The number of nitrogens with zero attached hydrogens (tertiary/aromatic N) is 2. The normalized spacial score (nSPS) is 11.6. The Kier molecular flexibility index (Phi) is 4.71. The summed E-state index contributed by atoms with van der Waals surface area (Å²) < 4.78 is 0. The van der Waals surface area contributed by atoms with Gasteiger partial charge in [0, 0.05) is 12.7 Å². The lowest BCUT2D eigenvalue weighted by molar-refractivity contribution is -0.117. The van der Waals surface area contributed by atoms with Gasteiger partial charge in [0.15, 0.2) is 0 Å². The van der Waals surface area contributed by atoms with Crippen molar-refractivity contribution >= 4 is 11.6 Å². The summed E-state index contributed by atoms with van der Waals surface area (Å²) in [5.41, 5.74) is 2.11. The molecule has 90 valence electrons. The summed E-state index contributed by atoms with van der Waals surface area (Å²) in [5.74, 6) is 0.355. The maximum absolute atomic E-state index is 11.5. The molecule has 0 heterocycles. The van der Waals surface area contributed by atoms with Crippen molar-refractivity contribution in [3.8, 4) is 6.07 Å². The summed E-state index contributed by atoms with van der Waals surface area (Å²) in [6, 6.07) is 9.80. The number of carbonyl (C=O) groups is 1. The van der Waals surface area contributed by atoms with Gasteiger partial charge in [-0.2, -0.15) is 5.26 Å². The fraction of sp³-hybridized carbons (Fsp3) is 0.429. The van der Waals surface area contributed by atoms with E-state index in [1.807, 2.05) is 30.3 Å². The molecule has 0 radical (unpaired) electrons. The Morgan fingerprint density at radius 3 is 2.47 bits per heavy atom. The van der Waals surface area contributed by atoms with Crippen molar-refractivity contribution in [1.29, 1.82) is 5.26 Å². The molecule has 0 spiro atoms. The Morgan fingerprint density at radius 1 is 1.41 bits per heavy atom. The topological polar surface area (TPSA) is 44.1 Å². The fourth-order valence-corrected chi connectivity index (χ4v) is 1.59. The summed E-state index contributed by atoms with van der Waals surface area (Å²) >= 11 is 0. The first-order valence-electron chi connectivity index (χ1n) is 5.83. The highest BCUT2D eigenvalue weighted by Gasteiger charge is 2.10. The molecule has 0 fully saturated rings. The van der Waals surface area contributed by atoms with Crippen molar-refractivity contribution in [1.82, 2.24) is 0 Å². The average Bonchev–Trinajstić information content (AvgIpc) is 2.37. The number of hydrogen-bond donors (Lipinski definition) is 0. The number of nitriles is 1. The standard InChI is InChI=1S/C14H18N2O/c1-4-11(2)12-5-7-13(8-6-12)16(3)14(17)9-10-15/h5-8,11H,4,9H2,1-3H3. The van der Waals surface area contributed by atoms with Gasteiger partial charge >= 0.3 is 0 Å². The Balaban J connectivity index is 2.81. The van der Waals surface area contributed by atoms with Crippen molar-refractivity contribution in [3.63, 3.8) is 0 Å². The molecule has 1 aromatic carbocycles. The Bertz CT molecular complexity index is 417. The second-order valence-corrected chi connectivity index (χ2v) is 4.19. The van der Waals surface area contributed by atoms with E-state index in [1.54, 1.807) is 7.05 Å². The van der Waals surface area contributed by atoms with Crippen molar-refractivity contribution in [2.45, 2.75) is 32.6 Å². The van der Waals surface area contributed by atoms with Crippen LogP contribution in [0, 0.1) is 11.3 Å². The molecule has 1 unspecified atom stereocenters. The summed E-state index contributed by atoms with van der Waals surface area (Å²) in [6.45, 7) is 4.33. The van der Waals surface area contributed by atoms with Crippen LogP contribution in [0.15, 0.2) is 24.3 Å². The SMILES string of the molecule is CCC(C)c1ccc(N(C)C(=O)CC#N)cc1. The number of hydrogen-bond acceptors (Lipinski definition) is 2. The van der Waals surface area contributed by atoms with Crippen LogP contribution in [0.1, 0.15) is 38.2 Å². The van der Waals surface area contributed by atoms with Crippen molar-refractivity contribution in [2.24, 2.45) is 0 Å². The molecule has 0 aromatic heterocycles. The van der Waals surface area contributed by atoms with Crippen LogP contribution in [0.2, 0.25) is 0 Å². The van der Waals surface area contributed by atoms with Gasteiger partial charge in [-0.1, -0.05) is 26.0 Å². The molecule has 3 heteroatoms. The van der Waals surface area contributed by atoms with E-state index in [1.165, 1.54) is 10.5 Å². The molecule has 0 saturated heterocycles. The third kappa shape index (κ3) is 3.32. The zero-order valence-corrected chi connectivity index (χ0v) is 10.6. The zero-order chi connectivity index (χ0) is 12.8. The number of carbonyl (C=O) groups excluding carboxylic acids is 1. The molecule has 0 bridgehead atoms. The molecule has 0 saturated carbocycles. The van der Waals surface area contributed by atoms with E-state index in [-0.39, 0.29) is 12.3 Å². The first kappa shape index (κ1) is 13.2. The van der Waals surface area contributed by atoms with Crippen LogP contribution < -0.4 is 4.90 Å². The van der Waals surface area contributed by atoms with Crippen molar-refractivity contribution in [2.75, 3.05) is 11.9 Å². The van der Waals surface area contributed by atoms with E-state index < -0.39 is 0 Å². The van der Waals surface area contributed by atoms with Crippen molar-refractivity contribution in [3.05, 3.63) is 29.8 Å². The van der Waals surface area contributed by atoms with Gasteiger partial charge in [0.05, 0.1) is 6.07 Å². The predicted molar refractivity (Wildman–Crippen MR) is 68.8 cm³/mol. The van der Waals surface area contributed by atoms with E-state index in [0.717, 1.165) is 12.1 Å². The number of benzene rings is 1. The third-order valence-corrected chi connectivity index (χ3v) is 3.07. The molecular formula is C14H18N2O. The number of anilines is 1. The van der Waals surface area contributed by atoms with Crippen LogP contribution >= 0.6 is 0 Å². The largest absolute Gasteiger partial charge is 0.315 e. The van der Waals surface area contributed by atoms with Gasteiger partial charge in [0.25, 0.3) is 0 Å². The molecule has 1 amide bonds. The highest BCUT2D eigenvalue weighted by Crippen LogP contribution is 2.22.